The van der Waals surface area contributed by atoms with Crippen molar-refractivity contribution >= 4 is 32.8 Å². The number of pyridine rings is 1. The van der Waals surface area contributed by atoms with Crippen molar-refractivity contribution in [3.8, 4) is 0 Å². The number of benzene rings is 1. The molecule has 0 amide bonds. The van der Waals surface area contributed by atoms with E-state index in [9.17, 15) is 13.6 Å². The number of hydrogen-bond acceptors (Lipinski definition) is 7. The summed E-state index contributed by atoms with van der Waals surface area (Å²) < 4.78 is 26.1. The molecule has 8 nitrogen and oxygen atoms in total. The molecule has 9 heteroatoms. The van der Waals surface area contributed by atoms with Crippen LogP contribution in [0.3, 0.4) is 0 Å². The zero-order valence-corrected chi connectivity index (χ0v) is 14.5. The van der Waals surface area contributed by atoms with Gasteiger partial charge in [-0.2, -0.15) is 4.98 Å². The minimum Gasteiger partial charge on any atom is -0.410 e. The molecule has 0 aliphatic rings. The molecule has 0 fully saturated rings. The largest absolute Gasteiger partial charge is 0.410 e. The van der Waals surface area contributed by atoms with Gasteiger partial charge in [-0.05, 0) is 19.9 Å². The number of hydrogen-bond donors (Lipinski definition) is 2. The third-order valence-corrected chi connectivity index (χ3v) is 5.85. The van der Waals surface area contributed by atoms with Crippen molar-refractivity contribution in [3.05, 3.63) is 53.7 Å². The van der Waals surface area contributed by atoms with Crippen LogP contribution in [0.25, 0.3) is 11.2 Å². The smallest absolute Gasteiger partial charge is 0.244 e. The monoisotopic (exact) mass is 359 g/mol. The molecular weight excluding hydrogens is 342 g/mol. The van der Waals surface area contributed by atoms with Crippen LogP contribution in [0.15, 0.2) is 47.8 Å². The molecule has 3 N–H and O–H groups in total. The van der Waals surface area contributed by atoms with Gasteiger partial charge in [0.05, 0.1) is 5.25 Å². The maximum atomic E-state index is 12.6. The molecule has 0 unspecified atom stereocenters. The molecule has 3 aromatic rings. The topological polar surface area (TPSA) is 123 Å². The van der Waals surface area contributed by atoms with Crippen LogP contribution in [0.2, 0.25) is 0 Å². The van der Waals surface area contributed by atoms with E-state index in [1.54, 1.807) is 44.2 Å². The first-order chi connectivity index (χ1) is 11.9. The maximum Gasteiger partial charge on any atom is 0.244 e. The van der Waals surface area contributed by atoms with Crippen molar-refractivity contribution in [2.75, 3.05) is 5.73 Å². The molecule has 1 aromatic carbocycles. The van der Waals surface area contributed by atoms with Crippen LogP contribution in [0, 0.1) is 0 Å². The molecule has 0 radical (unpaired) electrons. The predicted octanol–water partition coefficient (Wildman–Crippen LogP) is 1.83. The summed E-state index contributed by atoms with van der Waals surface area (Å²) in [5.74, 6) is -0.157. The maximum absolute atomic E-state index is 12.6. The van der Waals surface area contributed by atoms with Gasteiger partial charge in [-0.15, -0.1) is 0 Å². The normalized spacial score (nSPS) is 12.8. The molecule has 25 heavy (non-hydrogen) atoms. The van der Waals surface area contributed by atoms with Crippen LogP contribution in [-0.4, -0.2) is 38.5 Å². The standard InChI is InChI=1S/C16H17N5O3S/c1-10(2)25(23,24)21-13-8-12(9-18-15(13)19-16(21)17)14(20-22)11-6-4-3-5-7-11/h3-10,22H,1-2H3,(H2,17,18,19)/b20-14-. The van der Waals surface area contributed by atoms with Crippen LogP contribution in [0.5, 0.6) is 0 Å². The number of oxime groups is 1. The fourth-order valence-electron chi connectivity index (χ4n) is 2.44. The Morgan fingerprint density at radius 1 is 1.24 bits per heavy atom. The van der Waals surface area contributed by atoms with Crippen LogP contribution < -0.4 is 5.73 Å². The van der Waals surface area contributed by atoms with Crippen molar-refractivity contribution in [1.82, 2.24) is 13.9 Å². The molecule has 2 aromatic heterocycles. The highest BCUT2D eigenvalue weighted by Gasteiger charge is 2.25. The number of anilines is 1. The van der Waals surface area contributed by atoms with E-state index in [1.807, 2.05) is 6.07 Å². The van der Waals surface area contributed by atoms with Gasteiger partial charge < -0.3 is 10.9 Å². The van der Waals surface area contributed by atoms with Gasteiger partial charge in [-0.1, -0.05) is 35.5 Å². The molecule has 0 saturated carbocycles. The van der Waals surface area contributed by atoms with Gasteiger partial charge in [-0.3, -0.25) is 0 Å². The van der Waals surface area contributed by atoms with Crippen molar-refractivity contribution in [2.45, 2.75) is 19.1 Å². The highest BCUT2D eigenvalue weighted by Crippen LogP contribution is 2.23. The van der Waals surface area contributed by atoms with E-state index in [-0.39, 0.29) is 22.8 Å². The van der Waals surface area contributed by atoms with Crippen molar-refractivity contribution < 1.29 is 13.6 Å². The van der Waals surface area contributed by atoms with E-state index in [2.05, 4.69) is 15.1 Å². The minimum atomic E-state index is -3.72. The lowest BCUT2D eigenvalue weighted by Gasteiger charge is -2.11. The first-order valence-electron chi connectivity index (χ1n) is 7.52. The number of nitrogens with zero attached hydrogens (tertiary/aromatic N) is 4. The molecular formula is C16H17N5O3S. The summed E-state index contributed by atoms with van der Waals surface area (Å²) in [5, 5.41) is 12.1. The van der Waals surface area contributed by atoms with Crippen LogP contribution in [0.1, 0.15) is 25.0 Å². The van der Waals surface area contributed by atoms with Crippen LogP contribution >= 0.6 is 0 Å². The van der Waals surface area contributed by atoms with Gasteiger partial charge in [0.1, 0.15) is 11.2 Å². The molecule has 0 aliphatic carbocycles. The summed E-state index contributed by atoms with van der Waals surface area (Å²) in [5.41, 5.74) is 7.62. The Kier molecular flexibility index (Phi) is 4.17. The molecule has 0 saturated heterocycles. The number of nitrogens with two attached hydrogens (primary N) is 1. The second-order valence-corrected chi connectivity index (χ2v) is 8.05. The number of rotatable bonds is 4. The Morgan fingerprint density at radius 3 is 2.52 bits per heavy atom. The van der Waals surface area contributed by atoms with Gasteiger partial charge in [0.15, 0.2) is 5.65 Å². The van der Waals surface area contributed by atoms with E-state index in [4.69, 9.17) is 5.73 Å². The van der Waals surface area contributed by atoms with Gasteiger partial charge in [0.2, 0.25) is 16.0 Å². The zero-order chi connectivity index (χ0) is 18.2. The average Bonchev–Trinajstić information content (AvgIpc) is 2.92. The second kappa shape index (κ2) is 6.17. The van der Waals surface area contributed by atoms with Gasteiger partial charge >= 0.3 is 0 Å². The van der Waals surface area contributed by atoms with E-state index < -0.39 is 15.3 Å². The lowest BCUT2D eigenvalue weighted by molar-refractivity contribution is 0.319. The SMILES string of the molecule is CC(C)S(=O)(=O)n1c(N)nc2ncc(/C(=N\O)c3ccccc3)cc21. The molecule has 2 heterocycles. The van der Waals surface area contributed by atoms with E-state index in [1.165, 1.54) is 6.20 Å². The first-order valence-corrected chi connectivity index (χ1v) is 9.02. The summed E-state index contributed by atoms with van der Waals surface area (Å²) >= 11 is 0. The quantitative estimate of drug-likeness (QED) is 0.416. The molecule has 0 spiro atoms. The molecule has 0 aliphatic heterocycles. The van der Waals surface area contributed by atoms with Crippen LogP contribution in [-0.2, 0) is 10.0 Å². The molecule has 0 bridgehead atoms. The van der Waals surface area contributed by atoms with E-state index in [0.717, 1.165) is 3.97 Å². The Balaban J connectivity index is 2.24. The van der Waals surface area contributed by atoms with Crippen molar-refractivity contribution in [2.24, 2.45) is 5.16 Å². The number of fused-ring (bicyclic) bond motifs is 1. The fraction of sp³-hybridized carbons (Fsp3) is 0.188. The Morgan fingerprint density at radius 2 is 1.92 bits per heavy atom. The van der Waals surface area contributed by atoms with Gasteiger partial charge in [0.25, 0.3) is 0 Å². The van der Waals surface area contributed by atoms with Crippen molar-refractivity contribution in [3.63, 3.8) is 0 Å². The Bertz CT molecular complexity index is 1060. The molecule has 130 valence electrons. The summed E-state index contributed by atoms with van der Waals surface area (Å²) in [7, 11) is -3.72. The summed E-state index contributed by atoms with van der Waals surface area (Å²) in [6, 6.07) is 10.5. The fourth-order valence-corrected chi connectivity index (χ4v) is 3.58. The van der Waals surface area contributed by atoms with Crippen molar-refractivity contribution in [1.29, 1.82) is 0 Å². The second-order valence-electron chi connectivity index (χ2n) is 5.71. The molecule has 0 atom stereocenters. The van der Waals surface area contributed by atoms with E-state index >= 15 is 0 Å². The summed E-state index contributed by atoms with van der Waals surface area (Å²) in [4.78, 5) is 8.17. The highest BCUT2D eigenvalue weighted by atomic mass is 32.2. The Hall–Kier alpha value is -2.94. The highest BCUT2D eigenvalue weighted by molar-refractivity contribution is 7.90. The Labute approximate surface area is 144 Å². The zero-order valence-electron chi connectivity index (χ0n) is 13.7. The summed E-state index contributed by atoms with van der Waals surface area (Å²) in [6.45, 7) is 3.12. The van der Waals surface area contributed by atoms with Gasteiger partial charge in [-0.25, -0.2) is 17.4 Å². The number of aromatic nitrogens is 3. The lowest BCUT2D eigenvalue weighted by atomic mass is 10.0. The number of nitrogen functional groups attached to an aromatic ring is 1. The van der Waals surface area contributed by atoms with E-state index in [0.29, 0.717) is 11.1 Å². The summed E-state index contributed by atoms with van der Waals surface area (Å²) in [6.07, 6.45) is 1.46. The lowest BCUT2D eigenvalue weighted by Crippen LogP contribution is -2.23. The molecule has 3 rings (SSSR count). The third kappa shape index (κ3) is 2.82. The van der Waals surface area contributed by atoms with Gasteiger partial charge in [0, 0.05) is 17.3 Å². The number of imidazole rings is 1. The third-order valence-electron chi connectivity index (χ3n) is 3.77. The minimum absolute atomic E-state index is 0.157. The first kappa shape index (κ1) is 16.9. The average molecular weight is 359 g/mol. The predicted molar refractivity (Wildman–Crippen MR) is 95.3 cm³/mol. The van der Waals surface area contributed by atoms with Crippen LogP contribution in [0.4, 0.5) is 5.95 Å².